The third-order valence-corrected chi connectivity index (χ3v) is 3.63. The van der Waals surface area contributed by atoms with Crippen LogP contribution >= 0.6 is 31.9 Å². The Labute approximate surface area is 134 Å². The topological polar surface area (TPSA) is 38.3 Å². The highest BCUT2D eigenvalue weighted by Crippen LogP contribution is 2.15. The first-order valence-electron chi connectivity index (χ1n) is 6.07. The highest BCUT2D eigenvalue weighted by molar-refractivity contribution is 9.10. The van der Waals surface area contributed by atoms with Gasteiger partial charge in [-0.05, 0) is 48.5 Å². The Bertz CT molecular complexity index is 567. The molecule has 20 heavy (non-hydrogen) atoms. The van der Waals surface area contributed by atoms with E-state index in [1.165, 1.54) is 0 Å². The predicted octanol–water partition coefficient (Wildman–Crippen LogP) is 4.02. The maximum Gasteiger partial charge on any atom is 0.251 e. The van der Waals surface area contributed by atoms with Crippen molar-refractivity contribution >= 4 is 37.8 Å². The number of halogens is 2. The van der Waals surface area contributed by atoms with Crippen molar-refractivity contribution in [2.45, 2.75) is 0 Å². The molecule has 0 fully saturated rings. The molecule has 1 N–H and O–H groups in total. The molecule has 3 nitrogen and oxygen atoms in total. The molecule has 0 aliphatic carbocycles. The minimum atomic E-state index is -0.100. The maximum atomic E-state index is 11.8. The normalized spacial score (nSPS) is 10.1. The van der Waals surface area contributed by atoms with Crippen molar-refractivity contribution in [3.8, 4) is 5.75 Å². The smallest absolute Gasteiger partial charge is 0.251 e. The number of carbonyl (C=O) groups excluding carboxylic acids is 1. The second kappa shape index (κ2) is 7.45. The lowest BCUT2D eigenvalue weighted by Crippen LogP contribution is -2.28. The van der Waals surface area contributed by atoms with Crippen molar-refractivity contribution in [1.29, 1.82) is 0 Å². The Morgan fingerprint density at radius 1 is 0.950 bits per heavy atom. The summed E-state index contributed by atoms with van der Waals surface area (Å²) < 4.78 is 7.48. The van der Waals surface area contributed by atoms with Gasteiger partial charge in [0.05, 0.1) is 6.54 Å². The molecule has 0 aromatic heterocycles. The molecular formula is C15H13Br2NO2. The molecule has 1 amide bonds. The summed E-state index contributed by atoms with van der Waals surface area (Å²) in [5, 5.41) is 2.81. The van der Waals surface area contributed by atoms with Gasteiger partial charge in [-0.25, -0.2) is 0 Å². The molecule has 104 valence electrons. The summed E-state index contributed by atoms with van der Waals surface area (Å²) in [6.07, 6.45) is 0. The standard InChI is InChI=1S/C15H13Br2NO2/c16-12-3-1-11(2-4-12)15(19)18-9-10-20-14-7-5-13(17)6-8-14/h1-8H,9-10H2,(H,18,19). The van der Waals surface area contributed by atoms with E-state index in [9.17, 15) is 4.79 Å². The molecule has 0 heterocycles. The molecule has 2 aromatic carbocycles. The summed E-state index contributed by atoms with van der Waals surface area (Å²) in [7, 11) is 0. The van der Waals surface area contributed by atoms with Crippen LogP contribution in [0.5, 0.6) is 5.75 Å². The number of hydrogen-bond donors (Lipinski definition) is 1. The lowest BCUT2D eigenvalue weighted by atomic mass is 10.2. The van der Waals surface area contributed by atoms with Crippen molar-refractivity contribution in [2.75, 3.05) is 13.2 Å². The highest BCUT2D eigenvalue weighted by atomic mass is 79.9. The number of benzene rings is 2. The van der Waals surface area contributed by atoms with E-state index >= 15 is 0 Å². The average Bonchev–Trinajstić information content (AvgIpc) is 2.46. The van der Waals surface area contributed by atoms with Gasteiger partial charge in [0.2, 0.25) is 0 Å². The second-order valence-corrected chi connectivity index (χ2v) is 5.90. The van der Waals surface area contributed by atoms with Crippen LogP contribution in [0.2, 0.25) is 0 Å². The SMILES string of the molecule is O=C(NCCOc1ccc(Br)cc1)c1ccc(Br)cc1. The molecule has 0 saturated carbocycles. The van der Waals surface area contributed by atoms with Crippen LogP contribution in [0, 0.1) is 0 Å². The maximum absolute atomic E-state index is 11.8. The number of amides is 1. The van der Waals surface area contributed by atoms with Gasteiger partial charge < -0.3 is 10.1 Å². The van der Waals surface area contributed by atoms with Gasteiger partial charge in [0.1, 0.15) is 12.4 Å². The van der Waals surface area contributed by atoms with Crippen LogP contribution in [0.3, 0.4) is 0 Å². The van der Waals surface area contributed by atoms with Gasteiger partial charge in [-0.1, -0.05) is 31.9 Å². The van der Waals surface area contributed by atoms with Crippen molar-refractivity contribution in [3.63, 3.8) is 0 Å². The lowest BCUT2D eigenvalue weighted by Gasteiger charge is -2.08. The molecule has 0 aliphatic heterocycles. The van der Waals surface area contributed by atoms with Crippen molar-refractivity contribution < 1.29 is 9.53 Å². The number of ether oxygens (including phenoxy) is 1. The summed E-state index contributed by atoms with van der Waals surface area (Å²) in [4.78, 5) is 11.8. The molecule has 0 radical (unpaired) electrons. The summed E-state index contributed by atoms with van der Waals surface area (Å²) in [6, 6.07) is 14.8. The minimum absolute atomic E-state index is 0.100. The predicted molar refractivity (Wildman–Crippen MR) is 86.1 cm³/mol. The number of rotatable bonds is 5. The van der Waals surface area contributed by atoms with Crippen molar-refractivity contribution in [3.05, 3.63) is 63.0 Å². The van der Waals surface area contributed by atoms with Gasteiger partial charge >= 0.3 is 0 Å². The summed E-state index contributed by atoms with van der Waals surface area (Å²) in [6.45, 7) is 0.898. The van der Waals surface area contributed by atoms with Crippen LogP contribution in [0.15, 0.2) is 57.5 Å². The van der Waals surface area contributed by atoms with Crippen molar-refractivity contribution in [2.24, 2.45) is 0 Å². The van der Waals surface area contributed by atoms with E-state index in [1.54, 1.807) is 12.1 Å². The Kier molecular flexibility index (Phi) is 5.61. The van der Waals surface area contributed by atoms with E-state index < -0.39 is 0 Å². The molecule has 0 bridgehead atoms. The molecule has 5 heteroatoms. The molecule has 2 rings (SSSR count). The molecule has 0 spiro atoms. The zero-order valence-electron chi connectivity index (χ0n) is 10.6. The minimum Gasteiger partial charge on any atom is -0.492 e. The van der Waals surface area contributed by atoms with Crippen molar-refractivity contribution in [1.82, 2.24) is 5.32 Å². The molecule has 0 aliphatic rings. The fourth-order valence-corrected chi connectivity index (χ4v) is 2.10. The zero-order chi connectivity index (χ0) is 14.4. The summed E-state index contributed by atoms with van der Waals surface area (Å²) >= 11 is 6.70. The summed E-state index contributed by atoms with van der Waals surface area (Å²) in [5.74, 6) is 0.683. The number of carbonyl (C=O) groups is 1. The van der Waals surface area contributed by atoms with Crippen LogP contribution in [-0.2, 0) is 0 Å². The third kappa shape index (κ3) is 4.65. The third-order valence-electron chi connectivity index (χ3n) is 2.58. The molecular weight excluding hydrogens is 386 g/mol. The van der Waals surface area contributed by atoms with E-state index in [1.807, 2.05) is 36.4 Å². The fourth-order valence-electron chi connectivity index (χ4n) is 1.57. The van der Waals surface area contributed by atoms with Gasteiger partial charge in [-0.2, -0.15) is 0 Å². The highest BCUT2D eigenvalue weighted by Gasteiger charge is 2.04. The average molecular weight is 399 g/mol. The van der Waals surface area contributed by atoms with Crippen LogP contribution < -0.4 is 10.1 Å². The Hall–Kier alpha value is -1.33. The van der Waals surface area contributed by atoms with E-state index in [-0.39, 0.29) is 5.91 Å². The monoisotopic (exact) mass is 397 g/mol. The first kappa shape index (κ1) is 15.1. The molecule has 0 atom stereocenters. The molecule has 0 unspecified atom stereocenters. The quantitative estimate of drug-likeness (QED) is 0.772. The molecule has 0 saturated heterocycles. The van der Waals surface area contributed by atoms with Crippen LogP contribution in [0.25, 0.3) is 0 Å². The van der Waals surface area contributed by atoms with Gasteiger partial charge in [0.15, 0.2) is 0 Å². The van der Waals surface area contributed by atoms with Gasteiger partial charge in [-0.3, -0.25) is 4.79 Å². The Morgan fingerprint density at radius 2 is 1.50 bits per heavy atom. The van der Waals surface area contributed by atoms with Gasteiger partial charge in [0.25, 0.3) is 5.91 Å². The molecule has 2 aromatic rings. The van der Waals surface area contributed by atoms with E-state index in [4.69, 9.17) is 4.74 Å². The van der Waals surface area contributed by atoms with Gasteiger partial charge in [-0.15, -0.1) is 0 Å². The number of hydrogen-bond acceptors (Lipinski definition) is 2. The summed E-state index contributed by atoms with van der Waals surface area (Å²) in [5.41, 5.74) is 0.636. The fraction of sp³-hybridized carbons (Fsp3) is 0.133. The van der Waals surface area contributed by atoms with Crippen LogP contribution in [0.1, 0.15) is 10.4 Å². The van der Waals surface area contributed by atoms with Gasteiger partial charge in [0, 0.05) is 14.5 Å². The van der Waals surface area contributed by atoms with E-state index in [2.05, 4.69) is 37.2 Å². The lowest BCUT2D eigenvalue weighted by molar-refractivity contribution is 0.0947. The Balaban J connectivity index is 1.74. The van der Waals surface area contributed by atoms with Crippen LogP contribution in [-0.4, -0.2) is 19.1 Å². The largest absolute Gasteiger partial charge is 0.492 e. The van der Waals surface area contributed by atoms with E-state index in [0.717, 1.165) is 14.7 Å². The first-order valence-corrected chi connectivity index (χ1v) is 7.66. The zero-order valence-corrected chi connectivity index (χ0v) is 13.8. The Morgan fingerprint density at radius 3 is 2.10 bits per heavy atom. The van der Waals surface area contributed by atoms with E-state index in [0.29, 0.717) is 18.7 Å². The number of nitrogens with one attached hydrogen (secondary N) is 1. The van der Waals surface area contributed by atoms with Crippen LogP contribution in [0.4, 0.5) is 0 Å². The second-order valence-electron chi connectivity index (χ2n) is 4.07. The first-order chi connectivity index (χ1) is 9.65.